The van der Waals surface area contributed by atoms with E-state index in [0.717, 1.165) is 13.1 Å². The highest BCUT2D eigenvalue weighted by Crippen LogP contribution is 2.36. The lowest BCUT2D eigenvalue weighted by molar-refractivity contribution is -0.384. The Bertz CT molecular complexity index is 851. The lowest BCUT2D eigenvalue weighted by atomic mass is 10.2. The zero-order valence-electron chi connectivity index (χ0n) is 12.7. The highest BCUT2D eigenvalue weighted by molar-refractivity contribution is 6.35. The number of carbonyl (C=O) groups is 1. The average Bonchev–Trinajstić information content (AvgIpc) is 2.82. The van der Waals surface area contributed by atoms with Gasteiger partial charge in [0.15, 0.2) is 5.69 Å². The molecule has 0 radical (unpaired) electrons. The Kier molecular flexibility index (Phi) is 4.88. The van der Waals surface area contributed by atoms with Gasteiger partial charge in [-0.15, -0.1) is 0 Å². The molecule has 1 N–H and O–H groups in total. The van der Waals surface area contributed by atoms with Gasteiger partial charge >= 0.3 is 6.18 Å². The molecule has 0 spiro atoms. The van der Waals surface area contributed by atoms with Crippen molar-refractivity contribution < 1.29 is 27.6 Å². The molecular weight excluding hydrogens is 369 g/mol. The van der Waals surface area contributed by atoms with Crippen molar-refractivity contribution in [3.63, 3.8) is 0 Å². The van der Waals surface area contributed by atoms with Gasteiger partial charge in [-0.25, -0.2) is 0 Å². The average molecular weight is 379 g/mol. The molecule has 0 aliphatic rings. The minimum Gasteiger partial charge on any atom is -0.496 e. The fraction of sp³-hybridized carbons (Fsp3) is 0.231. The van der Waals surface area contributed by atoms with E-state index in [0.29, 0.717) is 4.68 Å². The predicted molar refractivity (Wildman–Crippen MR) is 80.8 cm³/mol. The van der Waals surface area contributed by atoms with Crippen LogP contribution in [0.5, 0.6) is 5.75 Å². The van der Waals surface area contributed by atoms with E-state index in [1.54, 1.807) is 0 Å². The molecule has 2 aromatic rings. The van der Waals surface area contributed by atoms with Crippen molar-refractivity contribution in [2.45, 2.75) is 6.18 Å². The summed E-state index contributed by atoms with van der Waals surface area (Å²) < 4.78 is 43.9. The van der Waals surface area contributed by atoms with Crippen molar-refractivity contribution in [2.24, 2.45) is 7.05 Å². The molecule has 1 amide bonds. The zero-order valence-corrected chi connectivity index (χ0v) is 13.5. The Hall–Kier alpha value is -2.82. The number of alkyl halides is 3. The van der Waals surface area contributed by atoms with Gasteiger partial charge < -0.3 is 10.1 Å². The maximum Gasteiger partial charge on any atom is 0.436 e. The van der Waals surface area contributed by atoms with Gasteiger partial charge in [0.25, 0.3) is 11.6 Å². The number of aromatic nitrogens is 2. The number of nitro benzene ring substituents is 1. The number of amides is 1. The molecule has 1 heterocycles. The molecule has 0 saturated heterocycles. The number of hydrogen-bond donors (Lipinski definition) is 1. The van der Waals surface area contributed by atoms with Crippen molar-refractivity contribution in [1.29, 1.82) is 0 Å². The van der Waals surface area contributed by atoms with E-state index in [-0.39, 0.29) is 11.4 Å². The lowest BCUT2D eigenvalue weighted by Crippen LogP contribution is -2.17. The number of aryl methyl sites for hydroxylation is 1. The van der Waals surface area contributed by atoms with Gasteiger partial charge in [0, 0.05) is 7.05 Å². The van der Waals surface area contributed by atoms with Crippen LogP contribution in [0.4, 0.5) is 24.5 Å². The number of ether oxygens (including phenoxy) is 1. The van der Waals surface area contributed by atoms with Crippen LogP contribution in [-0.4, -0.2) is 27.7 Å². The third-order valence-electron chi connectivity index (χ3n) is 3.12. The Balaban J connectivity index is 2.42. The molecule has 12 heteroatoms. The van der Waals surface area contributed by atoms with Crippen LogP contribution in [0.15, 0.2) is 18.2 Å². The van der Waals surface area contributed by atoms with Crippen molar-refractivity contribution in [1.82, 2.24) is 9.78 Å². The zero-order chi connectivity index (χ0) is 18.9. The van der Waals surface area contributed by atoms with Crippen molar-refractivity contribution in [2.75, 3.05) is 12.4 Å². The summed E-state index contributed by atoms with van der Waals surface area (Å²) in [6, 6.07) is 3.58. The maximum atomic E-state index is 12.8. The second-order valence-corrected chi connectivity index (χ2v) is 5.10. The van der Waals surface area contributed by atoms with Crippen LogP contribution in [0.2, 0.25) is 5.02 Å². The first-order chi connectivity index (χ1) is 11.6. The van der Waals surface area contributed by atoms with Crippen LogP contribution in [-0.2, 0) is 13.2 Å². The van der Waals surface area contributed by atoms with Crippen molar-refractivity contribution >= 4 is 28.9 Å². The molecular formula is C13H10ClF3N4O4. The van der Waals surface area contributed by atoms with E-state index >= 15 is 0 Å². The molecule has 134 valence electrons. The quantitative estimate of drug-likeness (QED) is 0.650. The predicted octanol–water partition coefficient (Wildman–Crippen LogP) is 3.26. The maximum absolute atomic E-state index is 12.8. The van der Waals surface area contributed by atoms with Gasteiger partial charge in [0.1, 0.15) is 22.2 Å². The molecule has 8 nitrogen and oxygen atoms in total. The summed E-state index contributed by atoms with van der Waals surface area (Å²) in [5.41, 5.74) is -2.74. The molecule has 0 atom stereocenters. The fourth-order valence-electron chi connectivity index (χ4n) is 2.00. The molecule has 1 aromatic carbocycles. The largest absolute Gasteiger partial charge is 0.496 e. The molecule has 25 heavy (non-hydrogen) atoms. The highest BCUT2D eigenvalue weighted by atomic mass is 35.5. The molecule has 0 fully saturated rings. The number of hydrogen-bond acceptors (Lipinski definition) is 5. The molecule has 0 unspecified atom stereocenters. The minimum absolute atomic E-state index is 0.169. The third-order valence-corrected chi connectivity index (χ3v) is 3.48. The summed E-state index contributed by atoms with van der Waals surface area (Å²) >= 11 is 5.61. The van der Waals surface area contributed by atoms with Crippen LogP contribution >= 0.6 is 11.6 Å². The molecule has 0 saturated carbocycles. The third kappa shape index (κ3) is 3.65. The summed E-state index contributed by atoms with van der Waals surface area (Å²) in [4.78, 5) is 22.6. The standard InChI is InChI=1S/C13H10ClF3N4O4/c1-20-10(9(14)11(19-20)13(15,16)17)12(22)18-7-4-3-6(25-2)5-8(7)21(23)24/h3-5H,1-2H3,(H,18,22). The smallest absolute Gasteiger partial charge is 0.436 e. The van der Waals surface area contributed by atoms with Crippen LogP contribution in [0.1, 0.15) is 16.2 Å². The van der Waals surface area contributed by atoms with E-state index < -0.39 is 39.1 Å². The van der Waals surface area contributed by atoms with Gasteiger partial charge in [-0.3, -0.25) is 19.6 Å². The molecule has 0 bridgehead atoms. The second-order valence-electron chi connectivity index (χ2n) is 4.73. The van der Waals surface area contributed by atoms with Crippen molar-refractivity contribution in [3.8, 4) is 5.75 Å². The number of methoxy groups -OCH3 is 1. The monoisotopic (exact) mass is 378 g/mol. The first-order valence-electron chi connectivity index (χ1n) is 6.49. The first kappa shape index (κ1) is 18.5. The van der Waals surface area contributed by atoms with Crippen molar-refractivity contribution in [3.05, 3.63) is 44.7 Å². The summed E-state index contributed by atoms with van der Waals surface area (Å²) in [5.74, 6) is -0.911. The van der Waals surface area contributed by atoms with Crippen LogP contribution in [0, 0.1) is 10.1 Å². The van der Waals surface area contributed by atoms with E-state index in [1.165, 1.54) is 19.2 Å². The number of rotatable bonds is 4. The molecule has 0 aliphatic carbocycles. The van der Waals surface area contributed by atoms with Gasteiger partial charge in [-0.1, -0.05) is 11.6 Å². The Morgan fingerprint density at radius 2 is 2.08 bits per heavy atom. The Morgan fingerprint density at radius 3 is 2.56 bits per heavy atom. The van der Waals surface area contributed by atoms with E-state index in [4.69, 9.17) is 16.3 Å². The van der Waals surface area contributed by atoms with E-state index in [1.807, 2.05) is 0 Å². The topological polar surface area (TPSA) is 99.3 Å². The summed E-state index contributed by atoms with van der Waals surface area (Å²) in [6.45, 7) is 0. The number of benzene rings is 1. The number of nitrogens with zero attached hydrogens (tertiary/aromatic N) is 3. The number of carbonyl (C=O) groups excluding carboxylic acids is 1. The number of anilines is 1. The van der Waals surface area contributed by atoms with Crippen LogP contribution in [0.3, 0.4) is 0 Å². The van der Waals surface area contributed by atoms with Crippen LogP contribution in [0.25, 0.3) is 0 Å². The number of nitro groups is 1. The van der Waals surface area contributed by atoms with Gasteiger partial charge in [0.2, 0.25) is 0 Å². The SMILES string of the molecule is COc1ccc(NC(=O)c2c(Cl)c(C(F)(F)F)nn2C)c([N+](=O)[O-])c1. The van der Waals surface area contributed by atoms with Gasteiger partial charge in [-0.05, 0) is 12.1 Å². The first-order valence-corrected chi connectivity index (χ1v) is 6.87. The highest BCUT2D eigenvalue weighted by Gasteiger charge is 2.39. The van der Waals surface area contributed by atoms with E-state index in [2.05, 4.69) is 10.4 Å². The molecule has 0 aliphatic heterocycles. The Morgan fingerprint density at radius 1 is 1.44 bits per heavy atom. The lowest BCUT2D eigenvalue weighted by Gasteiger charge is -2.08. The Labute approximate surface area is 143 Å². The summed E-state index contributed by atoms with van der Waals surface area (Å²) in [6.07, 6.45) is -4.85. The minimum atomic E-state index is -4.85. The molecule has 2 rings (SSSR count). The summed E-state index contributed by atoms with van der Waals surface area (Å²) in [5, 5.41) is 15.5. The van der Waals surface area contributed by atoms with E-state index in [9.17, 15) is 28.1 Å². The number of halogens is 4. The normalized spacial score (nSPS) is 11.3. The molecule has 1 aromatic heterocycles. The fourth-order valence-corrected chi connectivity index (χ4v) is 2.36. The summed E-state index contributed by atoms with van der Waals surface area (Å²) in [7, 11) is 2.39. The van der Waals surface area contributed by atoms with Gasteiger partial charge in [0.05, 0.1) is 18.1 Å². The van der Waals surface area contributed by atoms with Crippen LogP contribution < -0.4 is 10.1 Å². The van der Waals surface area contributed by atoms with Gasteiger partial charge in [-0.2, -0.15) is 18.3 Å². The second kappa shape index (κ2) is 6.59. The number of nitrogens with one attached hydrogen (secondary N) is 1.